The fourth-order valence-electron chi connectivity index (χ4n) is 2.64. The number of alkyl halides is 3. The molecule has 0 aliphatic carbocycles. The second-order valence-electron chi connectivity index (χ2n) is 5.37. The lowest BCUT2D eigenvalue weighted by Gasteiger charge is -2.22. The third-order valence-electron chi connectivity index (χ3n) is 3.73. The van der Waals surface area contributed by atoms with Gasteiger partial charge in [-0.3, -0.25) is 4.79 Å². The summed E-state index contributed by atoms with van der Waals surface area (Å²) in [4.78, 5) is 13.8. The second kappa shape index (κ2) is 5.63. The van der Waals surface area contributed by atoms with E-state index in [0.29, 0.717) is 31.6 Å². The first-order chi connectivity index (χ1) is 9.72. The van der Waals surface area contributed by atoms with Crippen molar-refractivity contribution in [2.24, 2.45) is 11.7 Å². The minimum absolute atomic E-state index is 0.122. The molecule has 0 aromatic heterocycles. The van der Waals surface area contributed by atoms with Gasteiger partial charge in [-0.1, -0.05) is 0 Å². The molecule has 0 saturated carbocycles. The number of nitrogens with zero attached hydrogens (tertiary/aromatic N) is 1. The minimum atomic E-state index is -4.69. The van der Waals surface area contributed by atoms with E-state index < -0.39 is 23.5 Å². The molecule has 1 heterocycles. The highest BCUT2D eigenvalue weighted by Crippen LogP contribution is 2.31. The van der Waals surface area contributed by atoms with Crippen molar-refractivity contribution in [1.29, 1.82) is 0 Å². The van der Waals surface area contributed by atoms with Crippen LogP contribution in [0.15, 0.2) is 18.2 Å². The number of benzene rings is 1. The van der Waals surface area contributed by atoms with Crippen molar-refractivity contribution >= 4 is 5.91 Å². The normalized spacial score (nSPS) is 22.7. The molecule has 116 valence electrons. The number of rotatable bonds is 2. The van der Waals surface area contributed by atoms with Crippen molar-refractivity contribution in [2.45, 2.75) is 25.6 Å². The van der Waals surface area contributed by atoms with Crippen LogP contribution in [0.5, 0.6) is 0 Å². The van der Waals surface area contributed by atoms with Crippen LogP contribution in [0.25, 0.3) is 0 Å². The zero-order valence-corrected chi connectivity index (χ0v) is 11.5. The molecule has 0 radical (unpaired) electrons. The second-order valence-corrected chi connectivity index (χ2v) is 5.37. The van der Waals surface area contributed by atoms with E-state index in [0.717, 1.165) is 6.07 Å². The molecule has 0 bridgehead atoms. The third kappa shape index (κ3) is 3.34. The molecular formula is C14H16F4N2O. The summed E-state index contributed by atoms with van der Waals surface area (Å²) in [6.45, 7) is 2.59. The summed E-state index contributed by atoms with van der Waals surface area (Å²) < 4.78 is 51.4. The monoisotopic (exact) mass is 304 g/mol. The smallest absolute Gasteiger partial charge is 0.336 e. The summed E-state index contributed by atoms with van der Waals surface area (Å²) in [7, 11) is 0. The molecule has 2 rings (SSSR count). The first-order valence-electron chi connectivity index (χ1n) is 6.61. The topological polar surface area (TPSA) is 46.3 Å². The van der Waals surface area contributed by atoms with E-state index in [9.17, 15) is 22.4 Å². The highest BCUT2D eigenvalue weighted by Gasteiger charge is 2.35. The number of carbonyl (C=O) groups excluding carboxylic acids is 1. The van der Waals surface area contributed by atoms with Gasteiger partial charge in [-0.05, 0) is 44.0 Å². The van der Waals surface area contributed by atoms with Gasteiger partial charge in [0.2, 0.25) is 0 Å². The van der Waals surface area contributed by atoms with Crippen LogP contribution in [0.2, 0.25) is 0 Å². The Kier molecular flexibility index (Phi) is 4.22. The van der Waals surface area contributed by atoms with Gasteiger partial charge in [0.15, 0.2) is 0 Å². The average Bonchev–Trinajstić information content (AvgIpc) is 2.77. The fourth-order valence-corrected chi connectivity index (χ4v) is 2.64. The maximum absolute atomic E-state index is 13.4. The number of nitrogens with two attached hydrogens (primary N) is 1. The van der Waals surface area contributed by atoms with Gasteiger partial charge >= 0.3 is 6.18 Å². The lowest BCUT2D eigenvalue weighted by Crippen LogP contribution is -2.34. The first-order valence-corrected chi connectivity index (χ1v) is 6.61. The minimum Gasteiger partial charge on any atom is -0.336 e. The van der Waals surface area contributed by atoms with Crippen molar-refractivity contribution in [3.8, 4) is 0 Å². The molecule has 1 aromatic carbocycles. The van der Waals surface area contributed by atoms with E-state index in [-0.39, 0.29) is 17.5 Å². The predicted octanol–water partition coefficient (Wildman–Crippen LogP) is 2.65. The molecule has 1 saturated heterocycles. The highest BCUT2D eigenvalue weighted by atomic mass is 19.4. The lowest BCUT2D eigenvalue weighted by atomic mass is 10.1. The molecule has 3 nitrogen and oxygen atoms in total. The van der Waals surface area contributed by atoms with E-state index in [4.69, 9.17) is 5.73 Å². The largest absolute Gasteiger partial charge is 0.416 e. The van der Waals surface area contributed by atoms with Crippen LogP contribution in [-0.2, 0) is 6.18 Å². The van der Waals surface area contributed by atoms with Crippen LogP contribution < -0.4 is 5.73 Å². The van der Waals surface area contributed by atoms with E-state index >= 15 is 0 Å². The third-order valence-corrected chi connectivity index (χ3v) is 3.73. The van der Waals surface area contributed by atoms with Crippen molar-refractivity contribution in [3.05, 3.63) is 35.1 Å². The number of halogens is 4. The fraction of sp³-hybridized carbons (Fsp3) is 0.500. The van der Waals surface area contributed by atoms with E-state index in [1.54, 1.807) is 6.92 Å². The van der Waals surface area contributed by atoms with Gasteiger partial charge in [0.1, 0.15) is 5.82 Å². The quantitative estimate of drug-likeness (QED) is 0.854. The molecule has 0 spiro atoms. The summed E-state index contributed by atoms with van der Waals surface area (Å²) >= 11 is 0. The number of hydrogen-bond acceptors (Lipinski definition) is 2. The average molecular weight is 304 g/mol. The Morgan fingerprint density at radius 2 is 2.05 bits per heavy atom. The Labute approximate surface area is 119 Å². The lowest BCUT2D eigenvalue weighted by molar-refractivity contribution is -0.137. The highest BCUT2D eigenvalue weighted by molar-refractivity contribution is 5.94. The van der Waals surface area contributed by atoms with Crippen LogP contribution in [0.1, 0.15) is 29.3 Å². The van der Waals surface area contributed by atoms with Crippen molar-refractivity contribution in [2.75, 3.05) is 13.1 Å². The number of amides is 1. The Bertz CT molecular complexity index is 544. The van der Waals surface area contributed by atoms with Crippen LogP contribution in [0.3, 0.4) is 0 Å². The van der Waals surface area contributed by atoms with Gasteiger partial charge in [-0.2, -0.15) is 13.2 Å². The predicted molar refractivity (Wildman–Crippen MR) is 69.1 cm³/mol. The molecular weight excluding hydrogens is 288 g/mol. The van der Waals surface area contributed by atoms with Crippen LogP contribution >= 0.6 is 0 Å². The molecule has 1 aliphatic heterocycles. The van der Waals surface area contributed by atoms with Gasteiger partial charge in [0, 0.05) is 18.2 Å². The summed E-state index contributed by atoms with van der Waals surface area (Å²) in [5, 5.41) is 0. The van der Waals surface area contributed by atoms with E-state index in [1.807, 2.05) is 0 Å². The molecule has 1 amide bonds. The maximum atomic E-state index is 13.4. The van der Waals surface area contributed by atoms with Gasteiger partial charge < -0.3 is 10.6 Å². The number of likely N-dealkylation sites (tertiary alicyclic amines) is 1. The van der Waals surface area contributed by atoms with Crippen molar-refractivity contribution in [1.82, 2.24) is 4.90 Å². The zero-order chi connectivity index (χ0) is 15.8. The van der Waals surface area contributed by atoms with Crippen LogP contribution in [0, 0.1) is 11.7 Å². The summed E-state index contributed by atoms with van der Waals surface area (Å²) in [5.41, 5.74) is 4.11. The molecule has 2 N–H and O–H groups in total. The Balaban J connectivity index is 2.30. The number of carbonyl (C=O) groups is 1. The van der Waals surface area contributed by atoms with Gasteiger partial charge in [-0.15, -0.1) is 0 Å². The Morgan fingerprint density at radius 3 is 2.57 bits per heavy atom. The van der Waals surface area contributed by atoms with Gasteiger partial charge in [-0.25, -0.2) is 4.39 Å². The summed E-state index contributed by atoms with van der Waals surface area (Å²) in [6.07, 6.45) is -3.99. The van der Waals surface area contributed by atoms with E-state index in [1.165, 1.54) is 4.90 Å². The molecule has 2 unspecified atom stereocenters. The summed E-state index contributed by atoms with van der Waals surface area (Å²) in [6, 6.07) is 1.78. The molecule has 2 atom stereocenters. The molecule has 1 aromatic rings. The molecule has 1 aliphatic rings. The van der Waals surface area contributed by atoms with E-state index in [2.05, 4.69) is 0 Å². The van der Waals surface area contributed by atoms with Gasteiger partial charge in [0.25, 0.3) is 5.91 Å². The molecule has 21 heavy (non-hydrogen) atoms. The maximum Gasteiger partial charge on any atom is 0.416 e. The molecule has 7 heteroatoms. The van der Waals surface area contributed by atoms with Crippen molar-refractivity contribution in [3.63, 3.8) is 0 Å². The SMILES string of the molecule is CC1CC(CN)CN1C(=O)c1cc(F)cc(C(F)(F)F)c1. The molecule has 1 fully saturated rings. The Hall–Kier alpha value is -1.63. The number of hydrogen-bond donors (Lipinski definition) is 1. The van der Waals surface area contributed by atoms with Crippen LogP contribution in [0.4, 0.5) is 17.6 Å². The van der Waals surface area contributed by atoms with Crippen molar-refractivity contribution < 1.29 is 22.4 Å². The standard InChI is InChI=1S/C14H16F4N2O/c1-8-2-9(6-19)7-20(8)13(21)10-3-11(14(16,17)18)5-12(15)4-10/h3-5,8-9H,2,6-7,19H2,1H3. The Morgan fingerprint density at radius 1 is 1.38 bits per heavy atom. The zero-order valence-electron chi connectivity index (χ0n) is 11.5. The van der Waals surface area contributed by atoms with Crippen LogP contribution in [-0.4, -0.2) is 29.9 Å². The first kappa shape index (κ1) is 15.8. The summed E-state index contributed by atoms with van der Waals surface area (Å²) in [5.74, 6) is -1.54. The van der Waals surface area contributed by atoms with Gasteiger partial charge in [0.05, 0.1) is 5.56 Å².